The molecule has 4 nitrogen and oxygen atoms in total. The number of imidazole rings is 1. The Balaban J connectivity index is 2.01. The Labute approximate surface area is 107 Å². The SMILES string of the molecule is Cn1cnc(-c2ccccn2)c1C1CCNCC1. The van der Waals surface area contributed by atoms with Crippen LogP contribution in [-0.4, -0.2) is 27.6 Å². The number of nitrogens with zero attached hydrogens (tertiary/aromatic N) is 3. The number of piperidine rings is 1. The molecule has 0 atom stereocenters. The Morgan fingerprint density at radius 3 is 2.78 bits per heavy atom. The van der Waals surface area contributed by atoms with Gasteiger partial charge in [-0.3, -0.25) is 4.98 Å². The van der Waals surface area contributed by atoms with Gasteiger partial charge >= 0.3 is 0 Å². The fourth-order valence-corrected chi connectivity index (χ4v) is 2.72. The number of aromatic nitrogens is 3. The zero-order valence-electron chi connectivity index (χ0n) is 10.6. The van der Waals surface area contributed by atoms with Crippen molar-refractivity contribution in [3.63, 3.8) is 0 Å². The highest BCUT2D eigenvalue weighted by Crippen LogP contribution is 2.31. The fourth-order valence-electron chi connectivity index (χ4n) is 2.72. The Bertz CT molecular complexity index is 512. The van der Waals surface area contributed by atoms with Gasteiger partial charge in [0.2, 0.25) is 0 Å². The van der Waals surface area contributed by atoms with Gasteiger partial charge < -0.3 is 9.88 Å². The molecule has 1 aliphatic rings. The quantitative estimate of drug-likeness (QED) is 0.875. The van der Waals surface area contributed by atoms with Gasteiger partial charge in [0.05, 0.1) is 12.0 Å². The molecule has 18 heavy (non-hydrogen) atoms. The van der Waals surface area contributed by atoms with Crippen LogP contribution in [0.5, 0.6) is 0 Å². The number of hydrogen-bond donors (Lipinski definition) is 1. The molecule has 1 aliphatic heterocycles. The van der Waals surface area contributed by atoms with Crippen molar-refractivity contribution in [1.29, 1.82) is 0 Å². The van der Waals surface area contributed by atoms with E-state index in [1.165, 1.54) is 18.5 Å². The number of pyridine rings is 1. The maximum absolute atomic E-state index is 4.54. The molecule has 1 N–H and O–H groups in total. The highest BCUT2D eigenvalue weighted by atomic mass is 15.0. The molecule has 3 heterocycles. The van der Waals surface area contributed by atoms with E-state index in [2.05, 4.69) is 26.9 Å². The molecule has 0 saturated carbocycles. The van der Waals surface area contributed by atoms with Crippen molar-refractivity contribution in [1.82, 2.24) is 19.9 Å². The van der Waals surface area contributed by atoms with Gasteiger partial charge in [-0.15, -0.1) is 0 Å². The molecule has 1 saturated heterocycles. The summed E-state index contributed by atoms with van der Waals surface area (Å²) in [5.41, 5.74) is 3.35. The lowest BCUT2D eigenvalue weighted by atomic mass is 9.92. The van der Waals surface area contributed by atoms with E-state index in [9.17, 15) is 0 Å². The summed E-state index contributed by atoms with van der Waals surface area (Å²) in [5, 5.41) is 3.41. The van der Waals surface area contributed by atoms with Gasteiger partial charge in [-0.05, 0) is 38.1 Å². The molecule has 0 spiro atoms. The minimum atomic E-state index is 0.593. The Morgan fingerprint density at radius 2 is 2.06 bits per heavy atom. The minimum absolute atomic E-state index is 0.593. The molecular formula is C14H18N4. The van der Waals surface area contributed by atoms with Crippen molar-refractivity contribution in [2.75, 3.05) is 13.1 Å². The van der Waals surface area contributed by atoms with E-state index in [1.54, 1.807) is 0 Å². The first kappa shape index (κ1) is 11.4. The summed E-state index contributed by atoms with van der Waals surface area (Å²) in [5.74, 6) is 0.593. The van der Waals surface area contributed by atoms with Gasteiger partial charge in [-0.2, -0.15) is 0 Å². The minimum Gasteiger partial charge on any atom is -0.337 e. The molecule has 94 valence electrons. The standard InChI is InChI=1S/C14H18N4/c1-18-10-17-13(12-4-2-3-7-16-12)14(18)11-5-8-15-9-6-11/h2-4,7,10-11,15H,5-6,8-9H2,1H3. The van der Waals surface area contributed by atoms with Crippen LogP contribution >= 0.6 is 0 Å². The zero-order valence-corrected chi connectivity index (χ0v) is 10.6. The molecule has 2 aromatic rings. The topological polar surface area (TPSA) is 42.7 Å². The Hall–Kier alpha value is -1.68. The number of nitrogens with one attached hydrogen (secondary N) is 1. The van der Waals surface area contributed by atoms with E-state index < -0.39 is 0 Å². The molecule has 0 unspecified atom stereocenters. The Morgan fingerprint density at radius 1 is 1.22 bits per heavy atom. The van der Waals surface area contributed by atoms with Crippen LogP contribution in [0, 0.1) is 0 Å². The van der Waals surface area contributed by atoms with Crippen molar-refractivity contribution in [2.24, 2.45) is 7.05 Å². The summed E-state index contributed by atoms with van der Waals surface area (Å²) in [7, 11) is 2.08. The molecule has 0 amide bonds. The van der Waals surface area contributed by atoms with Crippen LogP contribution in [0.2, 0.25) is 0 Å². The fraction of sp³-hybridized carbons (Fsp3) is 0.429. The van der Waals surface area contributed by atoms with Crippen LogP contribution in [-0.2, 0) is 7.05 Å². The summed E-state index contributed by atoms with van der Waals surface area (Å²) >= 11 is 0. The number of hydrogen-bond acceptors (Lipinski definition) is 3. The molecule has 0 aliphatic carbocycles. The summed E-state index contributed by atoms with van der Waals surface area (Å²) in [6.07, 6.45) is 6.09. The monoisotopic (exact) mass is 242 g/mol. The largest absolute Gasteiger partial charge is 0.337 e. The average molecular weight is 242 g/mol. The van der Waals surface area contributed by atoms with Crippen LogP contribution in [0.25, 0.3) is 11.4 Å². The zero-order chi connectivity index (χ0) is 12.4. The van der Waals surface area contributed by atoms with E-state index in [1.807, 2.05) is 30.7 Å². The molecule has 0 aromatic carbocycles. The van der Waals surface area contributed by atoms with Crippen LogP contribution in [0.4, 0.5) is 0 Å². The van der Waals surface area contributed by atoms with Gasteiger partial charge in [-0.1, -0.05) is 6.07 Å². The van der Waals surface area contributed by atoms with E-state index in [-0.39, 0.29) is 0 Å². The lowest BCUT2D eigenvalue weighted by molar-refractivity contribution is 0.446. The second-order valence-electron chi connectivity index (χ2n) is 4.83. The summed E-state index contributed by atoms with van der Waals surface area (Å²) in [4.78, 5) is 8.97. The maximum atomic E-state index is 4.54. The summed E-state index contributed by atoms with van der Waals surface area (Å²) < 4.78 is 2.15. The van der Waals surface area contributed by atoms with Crippen molar-refractivity contribution >= 4 is 0 Å². The highest BCUT2D eigenvalue weighted by molar-refractivity contribution is 5.58. The molecule has 4 heteroatoms. The van der Waals surface area contributed by atoms with Crippen LogP contribution in [0.1, 0.15) is 24.5 Å². The second-order valence-corrected chi connectivity index (χ2v) is 4.83. The van der Waals surface area contributed by atoms with Crippen LogP contribution < -0.4 is 5.32 Å². The smallest absolute Gasteiger partial charge is 0.110 e. The third-order valence-electron chi connectivity index (χ3n) is 3.62. The lowest BCUT2D eigenvalue weighted by Crippen LogP contribution is -2.27. The molecule has 2 aromatic heterocycles. The van der Waals surface area contributed by atoms with Crippen LogP contribution in [0.15, 0.2) is 30.7 Å². The van der Waals surface area contributed by atoms with Gasteiger partial charge in [0.1, 0.15) is 5.69 Å². The molecule has 0 radical (unpaired) electrons. The normalized spacial score (nSPS) is 16.9. The van der Waals surface area contributed by atoms with Crippen molar-refractivity contribution in [3.05, 3.63) is 36.4 Å². The number of rotatable bonds is 2. The van der Waals surface area contributed by atoms with Gasteiger partial charge in [0.25, 0.3) is 0 Å². The van der Waals surface area contributed by atoms with Crippen molar-refractivity contribution < 1.29 is 0 Å². The van der Waals surface area contributed by atoms with Gasteiger partial charge in [-0.25, -0.2) is 4.98 Å². The van der Waals surface area contributed by atoms with Crippen molar-refractivity contribution in [3.8, 4) is 11.4 Å². The molecular weight excluding hydrogens is 224 g/mol. The molecule has 3 rings (SSSR count). The summed E-state index contributed by atoms with van der Waals surface area (Å²) in [6, 6.07) is 5.99. The second kappa shape index (κ2) is 4.90. The van der Waals surface area contributed by atoms with Gasteiger partial charge in [0.15, 0.2) is 0 Å². The predicted octanol–water partition coefficient (Wildman–Crippen LogP) is 1.95. The lowest BCUT2D eigenvalue weighted by Gasteiger charge is -2.24. The molecule has 0 bridgehead atoms. The summed E-state index contributed by atoms with van der Waals surface area (Å²) in [6.45, 7) is 2.19. The first-order valence-corrected chi connectivity index (χ1v) is 6.49. The first-order chi connectivity index (χ1) is 8.86. The van der Waals surface area contributed by atoms with E-state index in [0.29, 0.717) is 5.92 Å². The third-order valence-corrected chi connectivity index (χ3v) is 3.62. The van der Waals surface area contributed by atoms with Gasteiger partial charge in [0, 0.05) is 24.9 Å². The van der Waals surface area contributed by atoms with E-state index >= 15 is 0 Å². The predicted molar refractivity (Wildman–Crippen MR) is 71.3 cm³/mol. The van der Waals surface area contributed by atoms with E-state index in [4.69, 9.17) is 0 Å². The highest BCUT2D eigenvalue weighted by Gasteiger charge is 2.23. The third kappa shape index (κ3) is 2.04. The first-order valence-electron chi connectivity index (χ1n) is 6.49. The Kier molecular flexibility index (Phi) is 3.11. The average Bonchev–Trinajstić information content (AvgIpc) is 2.83. The molecule has 1 fully saturated rings. The van der Waals surface area contributed by atoms with Crippen LogP contribution in [0.3, 0.4) is 0 Å². The number of aryl methyl sites for hydroxylation is 1. The van der Waals surface area contributed by atoms with Crippen molar-refractivity contribution in [2.45, 2.75) is 18.8 Å². The van der Waals surface area contributed by atoms with E-state index in [0.717, 1.165) is 24.5 Å². The maximum Gasteiger partial charge on any atom is 0.110 e.